The first kappa shape index (κ1) is 14.8. The van der Waals surface area contributed by atoms with Gasteiger partial charge in [-0.1, -0.05) is 6.07 Å². The molecule has 2 rings (SSSR count). The molecule has 0 aromatic heterocycles. The second-order valence-corrected chi connectivity index (χ2v) is 6.34. The predicted molar refractivity (Wildman–Crippen MR) is 74.3 cm³/mol. The fourth-order valence-corrected chi connectivity index (χ4v) is 3.42. The van der Waals surface area contributed by atoms with Crippen molar-refractivity contribution in [3.63, 3.8) is 0 Å². The molecule has 5 heteroatoms. The van der Waals surface area contributed by atoms with Crippen molar-refractivity contribution in [3.8, 4) is 0 Å². The zero-order valence-electron chi connectivity index (χ0n) is 11.0. The van der Waals surface area contributed by atoms with Crippen molar-refractivity contribution in [2.24, 2.45) is 0 Å². The lowest BCUT2D eigenvalue weighted by Crippen LogP contribution is -2.44. The Morgan fingerprint density at radius 2 is 2.00 bits per heavy atom. The highest BCUT2D eigenvalue weighted by Gasteiger charge is 2.29. The monoisotopic (exact) mass is 287 g/mol. The van der Waals surface area contributed by atoms with Gasteiger partial charge in [-0.15, -0.1) is 0 Å². The van der Waals surface area contributed by atoms with Crippen molar-refractivity contribution in [2.75, 3.05) is 18.1 Å². The lowest BCUT2D eigenvalue weighted by Gasteiger charge is -2.33. The number of rotatable bonds is 4. The smallest absolute Gasteiger partial charge is 0.159 e. The zero-order chi connectivity index (χ0) is 13.9. The van der Waals surface area contributed by atoms with Gasteiger partial charge in [-0.2, -0.15) is 11.8 Å². The molecule has 0 bridgehead atoms. The summed E-state index contributed by atoms with van der Waals surface area (Å²) in [7, 11) is 0. The van der Waals surface area contributed by atoms with Crippen LogP contribution in [0, 0.1) is 11.6 Å². The van der Waals surface area contributed by atoms with Crippen LogP contribution in [-0.4, -0.2) is 28.8 Å². The van der Waals surface area contributed by atoms with Crippen LogP contribution in [-0.2, 0) is 0 Å². The summed E-state index contributed by atoms with van der Waals surface area (Å²) < 4.78 is 26.0. The topological polar surface area (TPSA) is 32.3 Å². The van der Waals surface area contributed by atoms with Gasteiger partial charge in [0.05, 0.1) is 5.60 Å². The first-order valence-corrected chi connectivity index (χ1v) is 7.64. The quantitative estimate of drug-likeness (QED) is 0.893. The number of hydrogen-bond donors (Lipinski definition) is 2. The van der Waals surface area contributed by atoms with Crippen LogP contribution in [0.5, 0.6) is 0 Å². The molecule has 0 saturated carbocycles. The van der Waals surface area contributed by atoms with Crippen LogP contribution in [0.25, 0.3) is 0 Å². The number of nitrogens with one attached hydrogen (secondary N) is 1. The van der Waals surface area contributed by atoms with Crippen molar-refractivity contribution >= 4 is 11.8 Å². The van der Waals surface area contributed by atoms with Gasteiger partial charge < -0.3 is 10.4 Å². The minimum absolute atomic E-state index is 0.117. The summed E-state index contributed by atoms with van der Waals surface area (Å²) >= 11 is 1.85. The average Bonchev–Trinajstić information content (AvgIpc) is 2.40. The Labute approximate surface area is 116 Å². The van der Waals surface area contributed by atoms with Gasteiger partial charge in [0.2, 0.25) is 0 Å². The van der Waals surface area contributed by atoms with Gasteiger partial charge >= 0.3 is 0 Å². The summed E-state index contributed by atoms with van der Waals surface area (Å²) in [5.41, 5.74) is 0.0191. The molecule has 1 aromatic carbocycles. The number of hydrogen-bond acceptors (Lipinski definition) is 3. The summed E-state index contributed by atoms with van der Waals surface area (Å²) in [5, 5.41) is 13.6. The Hall–Kier alpha value is -0.650. The van der Waals surface area contributed by atoms with E-state index in [1.54, 1.807) is 6.07 Å². The van der Waals surface area contributed by atoms with E-state index < -0.39 is 17.2 Å². The molecule has 1 atom stereocenters. The Morgan fingerprint density at radius 1 is 1.32 bits per heavy atom. The normalized spacial score (nSPS) is 20.2. The molecule has 0 spiro atoms. The SMILES string of the molecule is CC(NCC1(O)CCSCC1)c1ccc(F)c(F)c1. The van der Waals surface area contributed by atoms with E-state index in [0.717, 1.165) is 30.4 Å². The average molecular weight is 287 g/mol. The van der Waals surface area contributed by atoms with E-state index in [4.69, 9.17) is 0 Å². The van der Waals surface area contributed by atoms with E-state index in [-0.39, 0.29) is 6.04 Å². The standard InChI is InChI=1S/C14H19F2NOS/c1-10(11-2-3-12(15)13(16)8-11)17-9-14(18)4-6-19-7-5-14/h2-3,8,10,17-18H,4-7,9H2,1H3. The van der Waals surface area contributed by atoms with Crippen molar-refractivity contribution in [1.82, 2.24) is 5.32 Å². The maximum atomic E-state index is 13.2. The summed E-state index contributed by atoms with van der Waals surface area (Å²) in [6.07, 6.45) is 1.55. The Morgan fingerprint density at radius 3 is 2.63 bits per heavy atom. The molecule has 1 aromatic rings. The Bertz CT molecular complexity index is 435. The summed E-state index contributed by atoms with van der Waals surface area (Å²) in [4.78, 5) is 0. The summed E-state index contributed by atoms with van der Waals surface area (Å²) in [6.45, 7) is 2.36. The van der Waals surface area contributed by atoms with Crippen LogP contribution < -0.4 is 5.32 Å². The van der Waals surface area contributed by atoms with Crippen LogP contribution in [0.1, 0.15) is 31.4 Å². The van der Waals surface area contributed by atoms with E-state index in [2.05, 4.69) is 5.32 Å². The maximum Gasteiger partial charge on any atom is 0.159 e. The molecule has 0 aliphatic carbocycles. The van der Waals surface area contributed by atoms with E-state index in [9.17, 15) is 13.9 Å². The minimum atomic E-state index is -0.834. The Kier molecular flexibility index (Phi) is 4.81. The van der Waals surface area contributed by atoms with Gasteiger partial charge in [0.15, 0.2) is 11.6 Å². The Balaban J connectivity index is 1.93. The minimum Gasteiger partial charge on any atom is -0.389 e. The second kappa shape index (κ2) is 6.20. The molecule has 1 unspecified atom stereocenters. The van der Waals surface area contributed by atoms with E-state index in [1.807, 2.05) is 18.7 Å². The molecule has 1 aliphatic rings. The lowest BCUT2D eigenvalue weighted by molar-refractivity contribution is 0.0300. The third kappa shape index (κ3) is 3.91. The highest BCUT2D eigenvalue weighted by molar-refractivity contribution is 7.99. The number of thioether (sulfide) groups is 1. The van der Waals surface area contributed by atoms with Crippen LogP contribution in [0.3, 0.4) is 0 Å². The van der Waals surface area contributed by atoms with Crippen molar-refractivity contribution in [2.45, 2.75) is 31.4 Å². The van der Waals surface area contributed by atoms with Gasteiger partial charge in [0, 0.05) is 12.6 Å². The van der Waals surface area contributed by atoms with Crippen LogP contribution in [0.15, 0.2) is 18.2 Å². The predicted octanol–water partition coefficient (Wildman–Crippen LogP) is 2.87. The molecule has 1 heterocycles. The third-order valence-electron chi connectivity index (χ3n) is 3.60. The molecule has 1 fully saturated rings. The van der Waals surface area contributed by atoms with E-state index >= 15 is 0 Å². The molecule has 2 N–H and O–H groups in total. The molecule has 0 radical (unpaired) electrons. The number of benzene rings is 1. The highest BCUT2D eigenvalue weighted by atomic mass is 32.2. The largest absolute Gasteiger partial charge is 0.389 e. The van der Waals surface area contributed by atoms with Gasteiger partial charge in [-0.05, 0) is 49.0 Å². The van der Waals surface area contributed by atoms with Gasteiger partial charge in [0.25, 0.3) is 0 Å². The van der Waals surface area contributed by atoms with Gasteiger partial charge in [0.1, 0.15) is 0 Å². The molecule has 0 amide bonds. The molecule has 106 valence electrons. The van der Waals surface area contributed by atoms with Gasteiger partial charge in [-0.3, -0.25) is 0 Å². The summed E-state index contributed by atoms with van der Waals surface area (Å²) in [5.74, 6) is 0.271. The first-order valence-electron chi connectivity index (χ1n) is 6.49. The van der Waals surface area contributed by atoms with Crippen molar-refractivity contribution in [1.29, 1.82) is 0 Å². The molecule has 19 heavy (non-hydrogen) atoms. The maximum absolute atomic E-state index is 13.2. The molecular weight excluding hydrogens is 268 g/mol. The van der Waals surface area contributed by atoms with Crippen LogP contribution >= 0.6 is 11.8 Å². The van der Waals surface area contributed by atoms with Crippen molar-refractivity contribution in [3.05, 3.63) is 35.4 Å². The number of aliphatic hydroxyl groups is 1. The zero-order valence-corrected chi connectivity index (χ0v) is 11.8. The van der Waals surface area contributed by atoms with Crippen molar-refractivity contribution < 1.29 is 13.9 Å². The number of halogens is 2. The van der Waals surface area contributed by atoms with E-state index in [0.29, 0.717) is 12.1 Å². The van der Waals surface area contributed by atoms with Gasteiger partial charge in [-0.25, -0.2) is 8.78 Å². The summed E-state index contributed by atoms with van der Waals surface area (Å²) in [6, 6.07) is 3.79. The molecular formula is C14H19F2NOS. The lowest BCUT2D eigenvalue weighted by atomic mass is 9.96. The van der Waals surface area contributed by atoms with Crippen LogP contribution in [0.2, 0.25) is 0 Å². The van der Waals surface area contributed by atoms with Crippen LogP contribution in [0.4, 0.5) is 8.78 Å². The molecule has 1 aliphatic heterocycles. The second-order valence-electron chi connectivity index (χ2n) is 5.11. The fourth-order valence-electron chi connectivity index (χ4n) is 2.17. The van der Waals surface area contributed by atoms with E-state index in [1.165, 1.54) is 6.07 Å². The third-order valence-corrected chi connectivity index (χ3v) is 4.59. The fraction of sp³-hybridized carbons (Fsp3) is 0.571. The molecule has 2 nitrogen and oxygen atoms in total. The highest BCUT2D eigenvalue weighted by Crippen LogP contribution is 2.27. The molecule has 1 saturated heterocycles. The first-order chi connectivity index (χ1) is 9.00.